The zero-order valence-electron chi connectivity index (χ0n) is 15.5. The molecule has 4 rings (SSSR count). The summed E-state index contributed by atoms with van der Waals surface area (Å²) >= 11 is 12.1. The van der Waals surface area contributed by atoms with Gasteiger partial charge in [0.1, 0.15) is 5.82 Å². The molecular weight excluding hydrogens is 578 g/mol. The summed E-state index contributed by atoms with van der Waals surface area (Å²) in [5.74, 6) is -1.98. The predicted octanol–water partition coefficient (Wildman–Crippen LogP) is 3.51. The number of aromatic hydroxyl groups is 2. The Labute approximate surface area is 198 Å². The van der Waals surface area contributed by atoms with Crippen molar-refractivity contribution < 1.29 is 14.6 Å². The summed E-state index contributed by atoms with van der Waals surface area (Å²) in [4.78, 5) is 50.6. The quantitative estimate of drug-likeness (QED) is 0.248. The maximum absolute atomic E-state index is 13.0. The van der Waals surface area contributed by atoms with Gasteiger partial charge in [-0.05, 0) is 40.2 Å². The predicted molar refractivity (Wildman–Crippen MR) is 125 cm³/mol. The largest absolute Gasteiger partial charge is 0.504 e. The van der Waals surface area contributed by atoms with Crippen LogP contribution in [0.3, 0.4) is 0 Å². The Bertz CT molecular complexity index is 1520. The van der Waals surface area contributed by atoms with E-state index in [1.54, 1.807) is 12.1 Å². The van der Waals surface area contributed by atoms with Crippen LogP contribution in [0, 0.1) is 5.82 Å². The molecule has 4 aromatic rings. The fourth-order valence-electron chi connectivity index (χ4n) is 2.78. The molecule has 0 aliphatic heterocycles. The van der Waals surface area contributed by atoms with Gasteiger partial charge in [-0.1, -0.05) is 27.5 Å². The van der Waals surface area contributed by atoms with Crippen molar-refractivity contribution in [1.29, 1.82) is 0 Å². The van der Waals surface area contributed by atoms with E-state index in [9.17, 15) is 33.8 Å². The zero-order chi connectivity index (χ0) is 23.7. The van der Waals surface area contributed by atoms with Crippen LogP contribution in [-0.2, 0) is 0 Å². The van der Waals surface area contributed by atoms with Crippen LogP contribution in [0.4, 0.5) is 4.39 Å². The van der Waals surface area contributed by atoms with Gasteiger partial charge in [0.15, 0.2) is 11.5 Å². The number of hydrogen-bond donors (Lipinski definition) is 4. The lowest BCUT2D eigenvalue weighted by Gasteiger charge is -1.97. The first-order chi connectivity index (χ1) is 15.0. The SMILES string of the molecule is O=c1cc(O)c(=O)c2c(Br)cc(Br)cc2[nH]1.O=c1cc(O)c(=O)c2c(Cl)cc(F)cc2[nH]1. The first kappa shape index (κ1) is 23.6. The summed E-state index contributed by atoms with van der Waals surface area (Å²) in [6, 6.07) is 6.75. The van der Waals surface area contributed by atoms with Gasteiger partial charge >= 0.3 is 0 Å². The molecule has 0 amide bonds. The number of nitrogens with one attached hydrogen (secondary N) is 2. The second kappa shape index (κ2) is 9.23. The van der Waals surface area contributed by atoms with Gasteiger partial charge in [-0.15, -0.1) is 0 Å². The second-order valence-corrected chi connectivity index (χ2v) is 8.49. The van der Waals surface area contributed by atoms with Crippen molar-refractivity contribution in [3.05, 3.63) is 97.3 Å². The van der Waals surface area contributed by atoms with Gasteiger partial charge in [0.05, 0.1) is 26.8 Å². The van der Waals surface area contributed by atoms with Crippen LogP contribution in [0.2, 0.25) is 5.02 Å². The number of aromatic nitrogens is 2. The lowest BCUT2D eigenvalue weighted by Crippen LogP contribution is -1.98. The maximum Gasteiger partial charge on any atom is 0.252 e. The molecule has 0 fully saturated rings. The number of halogens is 4. The summed E-state index contributed by atoms with van der Waals surface area (Å²) in [5, 5.41) is 18.6. The van der Waals surface area contributed by atoms with E-state index >= 15 is 0 Å². The smallest absolute Gasteiger partial charge is 0.252 e. The summed E-state index contributed by atoms with van der Waals surface area (Å²) in [7, 11) is 0. The van der Waals surface area contributed by atoms with Gasteiger partial charge < -0.3 is 20.2 Å². The first-order valence-corrected chi connectivity index (χ1v) is 10.4. The second-order valence-electron chi connectivity index (χ2n) is 6.32. The van der Waals surface area contributed by atoms with Gasteiger partial charge in [-0.3, -0.25) is 19.2 Å². The summed E-state index contributed by atoms with van der Waals surface area (Å²) < 4.78 is 14.2. The van der Waals surface area contributed by atoms with Crippen molar-refractivity contribution in [3.8, 4) is 11.5 Å². The minimum atomic E-state index is -0.821. The number of aromatic amines is 2. The van der Waals surface area contributed by atoms with Crippen LogP contribution in [0.5, 0.6) is 11.5 Å². The zero-order valence-corrected chi connectivity index (χ0v) is 19.4. The molecule has 0 bridgehead atoms. The van der Waals surface area contributed by atoms with Crippen LogP contribution >= 0.6 is 43.5 Å². The molecule has 0 radical (unpaired) electrons. The van der Waals surface area contributed by atoms with Crippen molar-refractivity contribution in [2.75, 3.05) is 0 Å². The molecule has 0 aliphatic rings. The standard InChI is InChI=1S/C10H5Br2NO3.C10H5ClFNO3/c11-4-1-5(12)9-6(2-4)13-8(15)3-7(14)10(9)16;11-5-1-4(12)2-6-9(5)10(16)7(14)3-8(15)13-6/h2*1-3H,(H,13,15)(H,14,16). The van der Waals surface area contributed by atoms with Gasteiger partial charge in [0.2, 0.25) is 10.9 Å². The van der Waals surface area contributed by atoms with Crippen LogP contribution in [0.15, 0.2) is 64.5 Å². The van der Waals surface area contributed by atoms with E-state index in [0.717, 1.165) is 24.3 Å². The van der Waals surface area contributed by atoms with E-state index in [0.29, 0.717) is 14.5 Å². The molecule has 0 saturated carbocycles. The minimum Gasteiger partial charge on any atom is -0.504 e. The molecule has 12 heteroatoms. The first-order valence-electron chi connectivity index (χ1n) is 8.48. The van der Waals surface area contributed by atoms with Crippen molar-refractivity contribution in [2.45, 2.75) is 0 Å². The third kappa shape index (κ3) is 4.90. The Kier molecular flexibility index (Phi) is 6.82. The van der Waals surface area contributed by atoms with Gasteiger partial charge in [-0.25, -0.2) is 4.39 Å². The molecule has 0 saturated heterocycles. The summed E-state index contributed by atoms with van der Waals surface area (Å²) in [6.45, 7) is 0. The van der Waals surface area contributed by atoms with Gasteiger partial charge in [-0.2, -0.15) is 0 Å². The van der Waals surface area contributed by atoms with Crippen molar-refractivity contribution in [2.24, 2.45) is 0 Å². The molecule has 2 heterocycles. The number of H-pyrrole nitrogens is 2. The molecule has 164 valence electrons. The molecular formula is C20H10Br2ClFN2O6. The van der Waals surface area contributed by atoms with Crippen molar-refractivity contribution in [1.82, 2.24) is 9.97 Å². The van der Waals surface area contributed by atoms with Crippen molar-refractivity contribution >= 4 is 65.3 Å². The molecule has 4 N–H and O–H groups in total. The van der Waals surface area contributed by atoms with E-state index in [-0.39, 0.29) is 21.3 Å². The molecule has 2 aromatic carbocycles. The topological polar surface area (TPSA) is 140 Å². The lowest BCUT2D eigenvalue weighted by molar-refractivity contribution is 0.470. The highest BCUT2D eigenvalue weighted by atomic mass is 79.9. The Morgan fingerprint density at radius 3 is 1.81 bits per heavy atom. The fraction of sp³-hybridized carbons (Fsp3) is 0. The molecule has 8 nitrogen and oxygen atoms in total. The minimum absolute atomic E-state index is 0.0553. The number of hydrogen-bond acceptors (Lipinski definition) is 6. The highest BCUT2D eigenvalue weighted by molar-refractivity contribution is 9.11. The lowest BCUT2D eigenvalue weighted by atomic mass is 10.2. The monoisotopic (exact) mass is 586 g/mol. The molecule has 32 heavy (non-hydrogen) atoms. The van der Waals surface area contributed by atoms with E-state index in [2.05, 4.69) is 41.8 Å². The van der Waals surface area contributed by atoms with E-state index in [1.165, 1.54) is 0 Å². The summed E-state index contributed by atoms with van der Waals surface area (Å²) in [6.07, 6.45) is 0. The molecule has 0 aliphatic carbocycles. The average Bonchev–Trinajstić information content (AvgIpc) is 2.83. The van der Waals surface area contributed by atoms with Crippen LogP contribution < -0.4 is 22.0 Å². The van der Waals surface area contributed by atoms with E-state index < -0.39 is 39.3 Å². The molecule has 0 atom stereocenters. The van der Waals surface area contributed by atoms with Gasteiger partial charge in [0.25, 0.3) is 11.1 Å². The maximum atomic E-state index is 13.0. The van der Waals surface area contributed by atoms with Gasteiger partial charge in [0, 0.05) is 21.1 Å². The third-order valence-electron chi connectivity index (χ3n) is 4.08. The van der Waals surface area contributed by atoms with Crippen molar-refractivity contribution in [3.63, 3.8) is 0 Å². The molecule has 0 unspecified atom stereocenters. The Morgan fingerprint density at radius 2 is 1.25 bits per heavy atom. The highest BCUT2D eigenvalue weighted by Gasteiger charge is 2.10. The van der Waals surface area contributed by atoms with Crippen LogP contribution in [0.1, 0.15) is 0 Å². The van der Waals surface area contributed by atoms with E-state index in [4.69, 9.17) is 11.6 Å². The molecule has 2 aromatic heterocycles. The average molecular weight is 589 g/mol. The van der Waals surface area contributed by atoms with E-state index in [1.807, 2.05) is 0 Å². The number of rotatable bonds is 0. The summed E-state index contributed by atoms with van der Waals surface area (Å²) in [5.41, 5.74) is -2.36. The number of benzene rings is 2. The normalized spacial score (nSPS) is 10.6. The Hall–Kier alpha value is -3.02. The van der Waals surface area contributed by atoms with Crippen LogP contribution in [-0.4, -0.2) is 20.2 Å². The number of fused-ring (bicyclic) bond motifs is 2. The van der Waals surface area contributed by atoms with Crippen LogP contribution in [0.25, 0.3) is 21.8 Å². The molecule has 0 spiro atoms. The fourth-order valence-corrected chi connectivity index (χ4v) is 4.48. The Balaban J connectivity index is 0.000000181. The third-order valence-corrected chi connectivity index (χ3v) is 5.46. The highest BCUT2D eigenvalue weighted by Crippen LogP contribution is 2.25. The Morgan fingerprint density at radius 1 is 0.750 bits per heavy atom.